The molecule has 0 aliphatic heterocycles. The van der Waals surface area contributed by atoms with Crippen molar-refractivity contribution in [3.63, 3.8) is 0 Å². The summed E-state index contributed by atoms with van der Waals surface area (Å²) in [5.41, 5.74) is 7.89. The Bertz CT molecular complexity index is 1140. The second kappa shape index (κ2) is 6.53. The fourth-order valence-electron chi connectivity index (χ4n) is 2.46. The number of rotatable bonds is 4. The number of halogens is 1. The van der Waals surface area contributed by atoms with Gasteiger partial charge in [0.2, 0.25) is 22.7 Å². The van der Waals surface area contributed by atoms with Crippen LogP contribution >= 0.6 is 27.7 Å². The molecule has 0 fully saturated rings. The van der Waals surface area contributed by atoms with Crippen molar-refractivity contribution >= 4 is 67.3 Å². The predicted molar refractivity (Wildman–Crippen MR) is 99.6 cm³/mol. The number of nitrogens with zero attached hydrogens (tertiary/aromatic N) is 6. The first kappa shape index (κ1) is 16.7. The highest BCUT2D eigenvalue weighted by Crippen LogP contribution is 2.28. The summed E-state index contributed by atoms with van der Waals surface area (Å²) < 4.78 is 7.32. The molecule has 1 aromatic carbocycles. The minimum atomic E-state index is -0.331. The minimum Gasteiger partial charge on any atom is -0.378 e. The van der Waals surface area contributed by atoms with Crippen molar-refractivity contribution in [2.45, 2.75) is 5.16 Å². The molecule has 132 valence electrons. The van der Waals surface area contributed by atoms with E-state index in [2.05, 4.69) is 51.4 Å². The maximum absolute atomic E-state index is 12.0. The molecule has 0 unspecified atom stereocenters. The van der Waals surface area contributed by atoms with E-state index in [1.165, 1.54) is 0 Å². The number of benzene rings is 1. The fourth-order valence-corrected chi connectivity index (χ4v) is 3.40. The number of hydrogen-bond donors (Lipinski definition) is 2. The summed E-state index contributed by atoms with van der Waals surface area (Å²) in [5.74, 6) is -0.162. The molecule has 4 rings (SSSR count). The lowest BCUT2D eigenvalue weighted by atomic mass is 10.2. The maximum Gasteiger partial charge on any atom is 0.236 e. The summed E-state index contributed by atoms with van der Waals surface area (Å²) in [6, 6.07) is 5.92. The van der Waals surface area contributed by atoms with E-state index in [4.69, 9.17) is 5.73 Å². The van der Waals surface area contributed by atoms with Crippen molar-refractivity contribution in [2.75, 3.05) is 16.8 Å². The van der Waals surface area contributed by atoms with E-state index in [0.29, 0.717) is 16.3 Å². The standard InChI is InChI=1S/C14H11BrN8O2S/c1-23-8-3-2-6(15)4-7(8)10-13(23)18-14(20-19-10)26-5-9(24)17-12-11(16)21-25-22-12/h2-4H,5H2,1H3,(H2,16,21)(H,17,22,24). The topological polar surface area (TPSA) is 138 Å². The fraction of sp³-hybridized carbons (Fsp3) is 0.143. The van der Waals surface area contributed by atoms with Crippen LogP contribution in [0.5, 0.6) is 0 Å². The van der Waals surface area contributed by atoms with Gasteiger partial charge >= 0.3 is 0 Å². The number of carbonyl (C=O) groups is 1. The molecule has 0 aliphatic carbocycles. The number of thioether (sulfide) groups is 1. The lowest BCUT2D eigenvalue weighted by Crippen LogP contribution is -2.15. The molecule has 3 aromatic heterocycles. The number of aromatic nitrogens is 6. The summed E-state index contributed by atoms with van der Waals surface area (Å²) >= 11 is 4.61. The second-order valence-electron chi connectivity index (χ2n) is 5.32. The van der Waals surface area contributed by atoms with E-state index >= 15 is 0 Å². The van der Waals surface area contributed by atoms with Crippen LogP contribution in [0.4, 0.5) is 11.6 Å². The molecule has 0 radical (unpaired) electrons. The molecular formula is C14H11BrN8O2S. The quantitative estimate of drug-likeness (QED) is 0.461. The molecule has 26 heavy (non-hydrogen) atoms. The molecule has 4 aromatic rings. The van der Waals surface area contributed by atoms with Gasteiger partial charge in [-0.1, -0.05) is 27.7 Å². The normalized spacial score (nSPS) is 11.3. The number of anilines is 2. The molecule has 0 bridgehead atoms. The van der Waals surface area contributed by atoms with Crippen LogP contribution in [0.1, 0.15) is 0 Å². The molecule has 0 atom stereocenters. The van der Waals surface area contributed by atoms with Crippen LogP contribution in [0, 0.1) is 0 Å². The molecule has 0 spiro atoms. The predicted octanol–water partition coefficient (Wildman–Crippen LogP) is 1.97. The third-order valence-corrected chi connectivity index (χ3v) is 4.98. The number of hydrogen-bond acceptors (Lipinski definition) is 9. The third-order valence-electron chi connectivity index (χ3n) is 3.65. The summed E-state index contributed by atoms with van der Waals surface area (Å²) in [4.78, 5) is 16.5. The average molecular weight is 435 g/mol. The van der Waals surface area contributed by atoms with Crippen LogP contribution in [-0.2, 0) is 11.8 Å². The van der Waals surface area contributed by atoms with Gasteiger partial charge in [-0.2, -0.15) is 0 Å². The molecular weight excluding hydrogens is 424 g/mol. The van der Waals surface area contributed by atoms with Crippen LogP contribution in [0.2, 0.25) is 0 Å². The van der Waals surface area contributed by atoms with E-state index in [1.807, 2.05) is 29.8 Å². The van der Waals surface area contributed by atoms with Crippen LogP contribution < -0.4 is 11.1 Å². The van der Waals surface area contributed by atoms with Crippen LogP contribution in [0.3, 0.4) is 0 Å². The van der Waals surface area contributed by atoms with Gasteiger partial charge in [0.25, 0.3) is 0 Å². The molecule has 3 heterocycles. The van der Waals surface area contributed by atoms with Gasteiger partial charge in [-0.15, -0.1) is 10.2 Å². The number of nitrogens with one attached hydrogen (secondary N) is 1. The second-order valence-corrected chi connectivity index (χ2v) is 7.18. The van der Waals surface area contributed by atoms with Crippen LogP contribution in [-0.4, -0.2) is 41.7 Å². The van der Waals surface area contributed by atoms with Gasteiger partial charge in [0.1, 0.15) is 5.52 Å². The largest absolute Gasteiger partial charge is 0.378 e. The molecule has 0 saturated carbocycles. The number of fused-ring (bicyclic) bond motifs is 3. The zero-order valence-corrected chi connectivity index (χ0v) is 15.7. The van der Waals surface area contributed by atoms with E-state index < -0.39 is 0 Å². The van der Waals surface area contributed by atoms with Crippen molar-refractivity contribution in [1.29, 1.82) is 0 Å². The average Bonchev–Trinajstić information content (AvgIpc) is 3.15. The number of amides is 1. The summed E-state index contributed by atoms with van der Waals surface area (Å²) in [7, 11) is 1.91. The summed E-state index contributed by atoms with van der Waals surface area (Å²) in [6.07, 6.45) is 0. The number of nitrogen functional groups attached to an aromatic ring is 1. The SMILES string of the molecule is Cn1c2ccc(Br)cc2c2nnc(SCC(=O)Nc3nonc3N)nc21. The number of carbonyl (C=O) groups excluding carboxylic acids is 1. The summed E-state index contributed by atoms with van der Waals surface area (Å²) in [6.45, 7) is 0. The van der Waals surface area contributed by atoms with Crippen molar-refractivity contribution in [3.8, 4) is 0 Å². The van der Waals surface area contributed by atoms with Crippen molar-refractivity contribution in [3.05, 3.63) is 22.7 Å². The van der Waals surface area contributed by atoms with E-state index in [9.17, 15) is 4.79 Å². The Morgan fingerprint density at radius 2 is 2.23 bits per heavy atom. The Kier molecular flexibility index (Phi) is 4.20. The van der Waals surface area contributed by atoms with Gasteiger partial charge in [0.05, 0.1) is 11.3 Å². The zero-order valence-electron chi connectivity index (χ0n) is 13.3. The highest BCUT2D eigenvalue weighted by Gasteiger charge is 2.15. The highest BCUT2D eigenvalue weighted by atomic mass is 79.9. The molecule has 0 saturated heterocycles. The smallest absolute Gasteiger partial charge is 0.236 e. The Morgan fingerprint density at radius 3 is 3.00 bits per heavy atom. The van der Waals surface area contributed by atoms with Gasteiger partial charge < -0.3 is 15.6 Å². The van der Waals surface area contributed by atoms with E-state index in [-0.39, 0.29) is 23.3 Å². The monoisotopic (exact) mass is 434 g/mol. The lowest BCUT2D eigenvalue weighted by Gasteiger charge is -2.01. The zero-order chi connectivity index (χ0) is 18.3. The van der Waals surface area contributed by atoms with Gasteiger partial charge in [-0.25, -0.2) is 9.61 Å². The maximum atomic E-state index is 12.0. The van der Waals surface area contributed by atoms with Gasteiger partial charge in [0, 0.05) is 16.9 Å². The highest BCUT2D eigenvalue weighted by molar-refractivity contribution is 9.10. The number of nitrogens with two attached hydrogens (primary N) is 1. The third kappa shape index (κ3) is 2.97. The molecule has 0 aliphatic rings. The Balaban J connectivity index is 1.56. The van der Waals surface area contributed by atoms with E-state index in [1.54, 1.807) is 0 Å². The first-order chi connectivity index (χ1) is 12.5. The van der Waals surface area contributed by atoms with Crippen molar-refractivity contribution in [1.82, 2.24) is 30.1 Å². The van der Waals surface area contributed by atoms with Gasteiger partial charge in [-0.3, -0.25) is 4.79 Å². The first-order valence-corrected chi connectivity index (χ1v) is 9.10. The Morgan fingerprint density at radius 1 is 1.38 bits per heavy atom. The van der Waals surface area contributed by atoms with Crippen molar-refractivity contribution in [2.24, 2.45) is 7.05 Å². The molecule has 1 amide bonds. The van der Waals surface area contributed by atoms with Gasteiger partial charge in [0.15, 0.2) is 5.65 Å². The first-order valence-electron chi connectivity index (χ1n) is 7.32. The van der Waals surface area contributed by atoms with E-state index in [0.717, 1.165) is 27.1 Å². The Hall–Kier alpha value is -2.73. The molecule has 3 N–H and O–H groups in total. The minimum absolute atomic E-state index is 0.0179. The van der Waals surface area contributed by atoms with Gasteiger partial charge in [-0.05, 0) is 28.5 Å². The molecule has 12 heteroatoms. The van der Waals surface area contributed by atoms with Crippen molar-refractivity contribution < 1.29 is 9.42 Å². The molecule has 10 nitrogen and oxygen atoms in total. The van der Waals surface area contributed by atoms with Crippen LogP contribution in [0.15, 0.2) is 32.5 Å². The Labute approximate surface area is 158 Å². The number of aryl methyl sites for hydroxylation is 1. The van der Waals surface area contributed by atoms with Crippen LogP contribution in [0.25, 0.3) is 22.1 Å². The lowest BCUT2D eigenvalue weighted by molar-refractivity contribution is -0.113. The summed E-state index contributed by atoms with van der Waals surface area (Å²) in [5, 5.41) is 19.1.